The number of hydrogen-bond donors (Lipinski definition) is 0. The molecule has 2 aromatic carbocycles. The third-order valence-corrected chi connectivity index (χ3v) is 6.94. The van der Waals surface area contributed by atoms with Crippen molar-refractivity contribution in [1.29, 1.82) is 0 Å². The molecule has 0 aliphatic rings. The Morgan fingerprint density at radius 2 is 1.67 bits per heavy atom. The molecule has 0 aliphatic heterocycles. The molecule has 5 rings (SSSR count). The Morgan fingerprint density at radius 3 is 2.26 bits per heavy atom. The maximum absolute atomic E-state index is 14.8. The van der Waals surface area contributed by atoms with E-state index in [4.69, 9.17) is 4.74 Å². The molecule has 0 aliphatic carbocycles. The van der Waals surface area contributed by atoms with E-state index in [0.29, 0.717) is 17.8 Å². The number of methoxy groups -OCH3 is 1. The summed E-state index contributed by atoms with van der Waals surface area (Å²) < 4.78 is 38.1. The van der Waals surface area contributed by atoms with E-state index >= 15 is 0 Å². The largest absolute Gasteiger partial charge is 0.480 e. The normalized spacial score (nSPS) is 11.4. The summed E-state index contributed by atoms with van der Waals surface area (Å²) in [5.74, 6) is -1.55. The average molecular weight is 590 g/mol. The van der Waals surface area contributed by atoms with Crippen molar-refractivity contribution in [3.05, 3.63) is 104 Å². The minimum Gasteiger partial charge on any atom is -0.480 e. The van der Waals surface area contributed by atoms with Crippen molar-refractivity contribution >= 4 is 16.8 Å². The molecule has 3 heterocycles. The van der Waals surface area contributed by atoms with Gasteiger partial charge in [0.2, 0.25) is 5.88 Å². The van der Waals surface area contributed by atoms with Crippen LogP contribution in [0.2, 0.25) is 0 Å². The Labute approximate surface area is 244 Å². The van der Waals surface area contributed by atoms with Crippen LogP contribution in [-0.2, 0) is 24.3 Å². The molecule has 43 heavy (non-hydrogen) atoms. The number of Topliss-reactive ketones (excluding diaryl/α,β-unsaturated/α-hetero) is 1. The smallest absolute Gasteiger partial charge is 0.338 e. The second-order valence-corrected chi connectivity index (χ2v) is 10.2. The molecule has 0 spiro atoms. The predicted molar refractivity (Wildman–Crippen MR) is 155 cm³/mol. The zero-order valence-corrected chi connectivity index (χ0v) is 24.0. The SMILES string of the molecule is CCC(=O)Cc1ccc(-n2nc3c(c2CN(C)C)c(=O)n(-c2ccc(OC)nn2)c(=O)n3Cc2c(F)cccc2F)cc1. The zero-order valence-electron chi connectivity index (χ0n) is 24.0. The first kappa shape index (κ1) is 29.5. The number of halogens is 2. The van der Waals surface area contributed by atoms with Crippen molar-refractivity contribution < 1.29 is 18.3 Å². The van der Waals surface area contributed by atoms with E-state index in [-0.39, 0.29) is 47.0 Å². The number of ketones is 1. The highest BCUT2D eigenvalue weighted by molar-refractivity contribution is 5.81. The zero-order chi connectivity index (χ0) is 30.8. The predicted octanol–water partition coefficient (Wildman–Crippen LogP) is 3.05. The number of benzene rings is 2. The van der Waals surface area contributed by atoms with Gasteiger partial charge in [-0.2, -0.15) is 0 Å². The van der Waals surface area contributed by atoms with E-state index in [0.717, 1.165) is 26.8 Å². The molecular weight excluding hydrogens is 560 g/mol. The highest BCUT2D eigenvalue weighted by Gasteiger charge is 2.26. The number of fused-ring (bicyclic) bond motifs is 1. The Morgan fingerprint density at radius 1 is 0.977 bits per heavy atom. The minimum atomic E-state index is -0.908. The molecule has 0 atom stereocenters. The Balaban J connectivity index is 1.82. The topological polar surface area (TPSA) is 117 Å². The summed E-state index contributed by atoms with van der Waals surface area (Å²) in [7, 11) is 5.01. The summed E-state index contributed by atoms with van der Waals surface area (Å²) in [4.78, 5) is 41.8. The van der Waals surface area contributed by atoms with Crippen molar-refractivity contribution in [2.24, 2.45) is 0 Å². The van der Waals surface area contributed by atoms with Crippen molar-refractivity contribution in [3.8, 4) is 17.4 Å². The van der Waals surface area contributed by atoms with Crippen molar-refractivity contribution in [2.75, 3.05) is 21.2 Å². The molecule has 0 radical (unpaired) electrons. The lowest BCUT2D eigenvalue weighted by Crippen LogP contribution is -2.40. The van der Waals surface area contributed by atoms with Crippen LogP contribution in [-0.4, -0.2) is 61.0 Å². The fraction of sp³-hybridized carbons (Fsp3) is 0.267. The summed E-state index contributed by atoms with van der Waals surface area (Å²) in [6.45, 7) is 1.48. The highest BCUT2D eigenvalue weighted by atomic mass is 19.1. The van der Waals surface area contributed by atoms with Crippen LogP contribution < -0.4 is 16.0 Å². The lowest BCUT2D eigenvalue weighted by atomic mass is 10.1. The quantitative estimate of drug-likeness (QED) is 0.244. The van der Waals surface area contributed by atoms with E-state index in [1.807, 2.05) is 4.90 Å². The van der Waals surface area contributed by atoms with Crippen LogP contribution >= 0.6 is 0 Å². The van der Waals surface area contributed by atoms with E-state index in [2.05, 4.69) is 15.3 Å². The van der Waals surface area contributed by atoms with Gasteiger partial charge in [0.05, 0.1) is 25.0 Å². The van der Waals surface area contributed by atoms with E-state index in [9.17, 15) is 23.2 Å². The number of nitrogens with zero attached hydrogens (tertiary/aromatic N) is 7. The number of carbonyl (C=O) groups is 1. The summed E-state index contributed by atoms with van der Waals surface area (Å²) in [6.07, 6.45) is 0.702. The van der Waals surface area contributed by atoms with Crippen LogP contribution in [0.3, 0.4) is 0 Å². The molecule has 0 bridgehead atoms. The summed E-state index contributed by atoms with van der Waals surface area (Å²) in [5.41, 5.74) is -0.253. The standard InChI is InChI=1S/C30H29F2N7O4/c1-5-20(40)15-18-9-11-19(12-10-18)39-24(17-36(2)3)27-28(35-39)37(16-21-22(31)7-6-8-23(21)32)30(42)38(29(27)41)25-13-14-26(43-4)34-33-25/h6-14H,5,15-17H2,1-4H3. The molecule has 3 aromatic heterocycles. The second-order valence-electron chi connectivity index (χ2n) is 10.2. The molecule has 0 unspecified atom stereocenters. The molecule has 0 saturated heterocycles. The highest BCUT2D eigenvalue weighted by Crippen LogP contribution is 2.23. The third kappa shape index (κ3) is 5.71. The number of rotatable bonds is 10. The van der Waals surface area contributed by atoms with Gasteiger partial charge in [0.1, 0.15) is 22.8 Å². The van der Waals surface area contributed by atoms with Gasteiger partial charge in [0, 0.05) is 31.0 Å². The average Bonchev–Trinajstić information content (AvgIpc) is 3.35. The molecule has 0 N–H and O–H groups in total. The number of hydrogen-bond acceptors (Lipinski definition) is 8. The molecule has 222 valence electrons. The van der Waals surface area contributed by atoms with Gasteiger partial charge >= 0.3 is 5.69 Å². The van der Waals surface area contributed by atoms with Crippen molar-refractivity contribution in [1.82, 2.24) is 34.0 Å². The van der Waals surface area contributed by atoms with Gasteiger partial charge in [0.25, 0.3) is 5.56 Å². The van der Waals surface area contributed by atoms with Gasteiger partial charge in [-0.05, 0) is 50.0 Å². The first-order chi connectivity index (χ1) is 20.6. The van der Waals surface area contributed by atoms with Crippen molar-refractivity contribution in [2.45, 2.75) is 32.9 Å². The Kier molecular flexibility index (Phi) is 8.26. The first-order valence-corrected chi connectivity index (χ1v) is 13.5. The minimum absolute atomic E-state index is 0.0579. The van der Waals surface area contributed by atoms with Gasteiger partial charge in [-0.3, -0.25) is 14.2 Å². The molecule has 5 aromatic rings. The second kappa shape index (κ2) is 12.1. The number of ether oxygens (including phenoxy) is 1. The molecule has 0 saturated carbocycles. The van der Waals surface area contributed by atoms with Gasteiger partial charge in [-0.1, -0.05) is 25.1 Å². The maximum atomic E-state index is 14.8. The van der Waals surface area contributed by atoms with Crippen LogP contribution in [0.4, 0.5) is 8.78 Å². The third-order valence-electron chi connectivity index (χ3n) is 6.94. The fourth-order valence-electron chi connectivity index (χ4n) is 4.75. The molecule has 0 fully saturated rings. The summed E-state index contributed by atoms with van der Waals surface area (Å²) >= 11 is 0. The van der Waals surface area contributed by atoms with Gasteiger partial charge in [0.15, 0.2) is 11.5 Å². The molecular formula is C30H29F2N7O4. The van der Waals surface area contributed by atoms with Crippen LogP contribution in [0.25, 0.3) is 22.5 Å². The Hall–Kier alpha value is -5.04. The lowest BCUT2D eigenvalue weighted by molar-refractivity contribution is -0.118. The van der Waals surface area contributed by atoms with Crippen LogP contribution in [0.15, 0.2) is 64.2 Å². The number of carbonyl (C=O) groups excluding carboxylic acids is 1. The summed E-state index contributed by atoms with van der Waals surface area (Å²) in [6, 6.07) is 13.3. The summed E-state index contributed by atoms with van der Waals surface area (Å²) in [5, 5.41) is 12.6. The van der Waals surface area contributed by atoms with E-state index in [1.165, 1.54) is 30.0 Å². The monoisotopic (exact) mass is 589 g/mol. The van der Waals surface area contributed by atoms with Crippen LogP contribution in [0.1, 0.15) is 30.2 Å². The number of aromatic nitrogens is 6. The first-order valence-electron chi connectivity index (χ1n) is 13.5. The maximum Gasteiger partial charge on any atom is 0.338 e. The van der Waals surface area contributed by atoms with E-state index in [1.54, 1.807) is 45.3 Å². The molecule has 13 heteroatoms. The van der Waals surface area contributed by atoms with Gasteiger partial charge in [-0.15, -0.1) is 15.3 Å². The van der Waals surface area contributed by atoms with Crippen LogP contribution in [0, 0.1) is 11.6 Å². The fourth-order valence-corrected chi connectivity index (χ4v) is 4.75. The van der Waals surface area contributed by atoms with Crippen molar-refractivity contribution in [3.63, 3.8) is 0 Å². The molecule has 0 amide bonds. The molecule has 11 nitrogen and oxygen atoms in total. The lowest BCUT2D eigenvalue weighted by Gasteiger charge is -2.14. The van der Waals surface area contributed by atoms with Gasteiger partial charge < -0.3 is 9.64 Å². The van der Waals surface area contributed by atoms with E-state index < -0.39 is 29.4 Å². The Bertz CT molecular complexity index is 1910. The van der Waals surface area contributed by atoms with Crippen LogP contribution in [0.5, 0.6) is 5.88 Å². The van der Waals surface area contributed by atoms with Gasteiger partial charge in [-0.25, -0.2) is 22.8 Å².